The number of nitriles is 1. The highest BCUT2D eigenvalue weighted by atomic mass is 35.5. The number of nitrogens with zero attached hydrogens (tertiary/aromatic N) is 1. The maximum atomic E-state index is 13.8. The minimum Gasteiger partial charge on any atom is -0.433 e. The maximum Gasteiger partial charge on any atom is 0.387 e. The molecule has 0 heterocycles. The van der Waals surface area contributed by atoms with Gasteiger partial charge in [-0.25, -0.2) is 4.39 Å². The van der Waals surface area contributed by atoms with Crippen LogP contribution in [0, 0.1) is 17.1 Å². The Hall–Kier alpha value is -2.19. The fourth-order valence-electron chi connectivity index (χ4n) is 1.70. The zero-order chi connectivity index (χ0) is 14.7. The fourth-order valence-corrected chi connectivity index (χ4v) is 1.86. The first-order chi connectivity index (χ1) is 9.51. The molecule has 0 unspecified atom stereocenters. The van der Waals surface area contributed by atoms with Crippen LogP contribution in [0.4, 0.5) is 13.2 Å². The van der Waals surface area contributed by atoms with Crippen molar-refractivity contribution in [2.45, 2.75) is 6.61 Å². The number of ether oxygens (including phenoxy) is 1. The van der Waals surface area contributed by atoms with Crippen molar-refractivity contribution in [3.05, 3.63) is 52.8 Å². The Morgan fingerprint density at radius 1 is 1.15 bits per heavy atom. The van der Waals surface area contributed by atoms with E-state index >= 15 is 0 Å². The van der Waals surface area contributed by atoms with Crippen LogP contribution >= 0.6 is 11.6 Å². The Labute approximate surface area is 118 Å². The summed E-state index contributed by atoms with van der Waals surface area (Å²) >= 11 is 5.65. The number of hydrogen-bond acceptors (Lipinski definition) is 2. The molecule has 0 saturated carbocycles. The summed E-state index contributed by atoms with van der Waals surface area (Å²) in [6, 6.07) is 9.68. The van der Waals surface area contributed by atoms with Crippen LogP contribution in [0.15, 0.2) is 36.4 Å². The molecule has 0 aliphatic heterocycles. The van der Waals surface area contributed by atoms with Gasteiger partial charge in [0.05, 0.1) is 5.56 Å². The average Bonchev–Trinajstić information content (AvgIpc) is 2.38. The highest BCUT2D eigenvalue weighted by molar-refractivity contribution is 6.30. The van der Waals surface area contributed by atoms with E-state index in [1.807, 2.05) is 0 Å². The van der Waals surface area contributed by atoms with E-state index in [-0.39, 0.29) is 21.9 Å². The molecule has 2 nitrogen and oxygen atoms in total. The van der Waals surface area contributed by atoms with Gasteiger partial charge < -0.3 is 4.74 Å². The topological polar surface area (TPSA) is 33.0 Å². The van der Waals surface area contributed by atoms with Crippen LogP contribution in [-0.4, -0.2) is 6.61 Å². The second-order valence-electron chi connectivity index (χ2n) is 3.83. The number of hydrogen-bond donors (Lipinski definition) is 0. The van der Waals surface area contributed by atoms with Gasteiger partial charge in [0.25, 0.3) is 0 Å². The number of benzene rings is 2. The van der Waals surface area contributed by atoms with Crippen molar-refractivity contribution in [3.8, 4) is 22.9 Å². The summed E-state index contributed by atoms with van der Waals surface area (Å²) in [5.41, 5.74) is 0.440. The molecule has 0 aliphatic carbocycles. The zero-order valence-electron chi connectivity index (χ0n) is 9.91. The molecule has 6 heteroatoms. The Morgan fingerprint density at radius 2 is 1.90 bits per heavy atom. The summed E-state index contributed by atoms with van der Waals surface area (Å²) < 4.78 is 42.6. The molecule has 20 heavy (non-hydrogen) atoms. The molecule has 0 fully saturated rings. The van der Waals surface area contributed by atoms with Gasteiger partial charge in [0, 0.05) is 10.6 Å². The molecule has 0 aromatic heterocycles. The summed E-state index contributed by atoms with van der Waals surface area (Å²) in [6.07, 6.45) is 0. The number of rotatable bonds is 3. The SMILES string of the molecule is N#Cc1ccc(-c2ccc(Cl)cc2F)cc1OC(F)F. The third kappa shape index (κ3) is 3.03. The monoisotopic (exact) mass is 297 g/mol. The van der Waals surface area contributed by atoms with Gasteiger partial charge >= 0.3 is 6.61 Å². The molecule has 0 amide bonds. The minimum absolute atomic E-state index is 0.0524. The lowest BCUT2D eigenvalue weighted by Gasteiger charge is -2.09. The quantitative estimate of drug-likeness (QED) is 0.828. The van der Waals surface area contributed by atoms with Crippen molar-refractivity contribution in [2.24, 2.45) is 0 Å². The van der Waals surface area contributed by atoms with E-state index in [0.717, 1.165) is 6.07 Å². The first-order valence-electron chi connectivity index (χ1n) is 5.45. The molecular formula is C14H7ClF3NO. The van der Waals surface area contributed by atoms with Crippen LogP contribution in [0.5, 0.6) is 5.75 Å². The van der Waals surface area contributed by atoms with E-state index in [9.17, 15) is 13.2 Å². The lowest BCUT2D eigenvalue weighted by molar-refractivity contribution is -0.0500. The van der Waals surface area contributed by atoms with Crippen LogP contribution in [0.2, 0.25) is 5.02 Å². The molecule has 0 saturated heterocycles. The van der Waals surface area contributed by atoms with E-state index in [2.05, 4.69) is 4.74 Å². The zero-order valence-corrected chi connectivity index (χ0v) is 10.7. The molecular weight excluding hydrogens is 291 g/mol. The van der Waals surface area contributed by atoms with E-state index in [4.69, 9.17) is 16.9 Å². The van der Waals surface area contributed by atoms with Crippen LogP contribution in [-0.2, 0) is 0 Å². The Bertz CT molecular complexity index is 683. The molecule has 0 bridgehead atoms. The Morgan fingerprint density at radius 3 is 2.50 bits per heavy atom. The molecule has 0 atom stereocenters. The van der Waals surface area contributed by atoms with E-state index in [1.54, 1.807) is 6.07 Å². The molecule has 2 aromatic rings. The standard InChI is InChI=1S/C14H7ClF3NO/c15-10-3-4-11(12(16)6-10)8-1-2-9(7-19)13(5-8)20-14(17)18/h1-6,14H. The summed E-state index contributed by atoms with van der Waals surface area (Å²) in [5, 5.41) is 9.04. The average molecular weight is 298 g/mol. The van der Waals surface area contributed by atoms with E-state index < -0.39 is 12.4 Å². The van der Waals surface area contributed by atoms with Gasteiger partial charge in [0.15, 0.2) is 0 Å². The lowest BCUT2D eigenvalue weighted by Crippen LogP contribution is -2.03. The van der Waals surface area contributed by atoms with Crippen molar-refractivity contribution in [1.29, 1.82) is 5.26 Å². The van der Waals surface area contributed by atoms with Crippen molar-refractivity contribution in [2.75, 3.05) is 0 Å². The third-order valence-corrected chi connectivity index (χ3v) is 2.80. The summed E-state index contributed by atoms with van der Waals surface area (Å²) in [7, 11) is 0. The highest BCUT2D eigenvalue weighted by Crippen LogP contribution is 2.30. The van der Waals surface area contributed by atoms with Gasteiger partial charge in [-0.2, -0.15) is 14.0 Å². The van der Waals surface area contributed by atoms with Crippen LogP contribution in [0.3, 0.4) is 0 Å². The second-order valence-corrected chi connectivity index (χ2v) is 4.26. The van der Waals surface area contributed by atoms with Gasteiger partial charge in [0.1, 0.15) is 17.6 Å². The third-order valence-electron chi connectivity index (χ3n) is 2.56. The van der Waals surface area contributed by atoms with E-state index in [0.29, 0.717) is 5.56 Å². The van der Waals surface area contributed by atoms with Crippen molar-refractivity contribution >= 4 is 11.6 Å². The van der Waals surface area contributed by atoms with Gasteiger partial charge in [-0.3, -0.25) is 0 Å². The normalized spacial score (nSPS) is 10.4. The number of alkyl halides is 2. The molecule has 2 rings (SSSR count). The number of halogens is 4. The summed E-state index contributed by atoms with van der Waals surface area (Å²) in [5.74, 6) is -0.889. The van der Waals surface area contributed by atoms with E-state index in [1.165, 1.54) is 30.3 Å². The first kappa shape index (κ1) is 14.2. The van der Waals surface area contributed by atoms with Crippen LogP contribution in [0.1, 0.15) is 5.56 Å². The van der Waals surface area contributed by atoms with Gasteiger partial charge in [-0.05, 0) is 35.9 Å². The summed E-state index contributed by atoms with van der Waals surface area (Å²) in [4.78, 5) is 0. The van der Waals surface area contributed by atoms with Crippen LogP contribution in [0.25, 0.3) is 11.1 Å². The molecule has 2 aromatic carbocycles. The lowest BCUT2D eigenvalue weighted by atomic mass is 10.0. The minimum atomic E-state index is -3.06. The van der Waals surface area contributed by atoms with Crippen molar-refractivity contribution in [1.82, 2.24) is 0 Å². The van der Waals surface area contributed by atoms with Crippen LogP contribution < -0.4 is 4.74 Å². The van der Waals surface area contributed by atoms with Crippen molar-refractivity contribution in [3.63, 3.8) is 0 Å². The Kier molecular flexibility index (Phi) is 4.16. The fraction of sp³-hybridized carbons (Fsp3) is 0.0714. The Balaban J connectivity index is 2.50. The predicted molar refractivity (Wildman–Crippen MR) is 68.2 cm³/mol. The molecule has 0 spiro atoms. The largest absolute Gasteiger partial charge is 0.433 e. The smallest absolute Gasteiger partial charge is 0.387 e. The summed E-state index contributed by atoms with van der Waals surface area (Å²) in [6.45, 7) is -3.06. The highest BCUT2D eigenvalue weighted by Gasteiger charge is 2.13. The molecule has 0 N–H and O–H groups in total. The van der Waals surface area contributed by atoms with Gasteiger partial charge in [0.2, 0.25) is 0 Å². The van der Waals surface area contributed by atoms with Gasteiger partial charge in [-0.15, -0.1) is 0 Å². The maximum absolute atomic E-state index is 13.8. The molecule has 0 radical (unpaired) electrons. The van der Waals surface area contributed by atoms with Crippen molar-refractivity contribution < 1.29 is 17.9 Å². The predicted octanol–water partition coefficient (Wildman–Crippen LogP) is 4.62. The molecule has 0 aliphatic rings. The van der Waals surface area contributed by atoms with Gasteiger partial charge in [-0.1, -0.05) is 17.7 Å². The molecule has 102 valence electrons. The first-order valence-corrected chi connectivity index (χ1v) is 5.83. The second kappa shape index (κ2) is 5.85.